The number of hydrogen-bond acceptors (Lipinski definition) is 3. The summed E-state index contributed by atoms with van der Waals surface area (Å²) >= 11 is 0. The molecular formula is C14H22N2O2. The second kappa shape index (κ2) is 6.40. The molecule has 0 radical (unpaired) electrons. The number of hydrogen-bond donors (Lipinski definition) is 1. The lowest BCUT2D eigenvalue weighted by molar-refractivity contribution is -0.129. The molecule has 2 N–H and O–H groups in total. The van der Waals surface area contributed by atoms with E-state index in [9.17, 15) is 4.79 Å². The quantitative estimate of drug-likeness (QED) is 0.868. The van der Waals surface area contributed by atoms with Gasteiger partial charge in [-0.2, -0.15) is 0 Å². The Bertz CT molecular complexity index is 414. The molecular weight excluding hydrogens is 228 g/mol. The molecule has 18 heavy (non-hydrogen) atoms. The first kappa shape index (κ1) is 14.5. The monoisotopic (exact) mass is 250 g/mol. The maximum atomic E-state index is 11.4. The van der Waals surface area contributed by atoms with Crippen LogP contribution in [0.15, 0.2) is 18.2 Å². The van der Waals surface area contributed by atoms with Crippen LogP contribution < -0.4 is 10.5 Å². The highest BCUT2D eigenvalue weighted by molar-refractivity contribution is 5.75. The van der Waals surface area contributed by atoms with Crippen LogP contribution in [0.4, 0.5) is 0 Å². The lowest BCUT2D eigenvalue weighted by Crippen LogP contribution is -2.23. The molecule has 0 fully saturated rings. The van der Waals surface area contributed by atoms with Gasteiger partial charge in [-0.25, -0.2) is 0 Å². The van der Waals surface area contributed by atoms with Crippen molar-refractivity contribution in [2.75, 3.05) is 20.7 Å². The maximum Gasteiger partial charge on any atom is 0.225 e. The van der Waals surface area contributed by atoms with E-state index in [4.69, 9.17) is 10.5 Å². The summed E-state index contributed by atoms with van der Waals surface area (Å²) in [4.78, 5) is 13.0. The van der Waals surface area contributed by atoms with E-state index >= 15 is 0 Å². The molecule has 4 heteroatoms. The molecule has 1 atom stereocenters. The predicted octanol–water partition coefficient (Wildman–Crippen LogP) is 1.87. The van der Waals surface area contributed by atoms with Crippen LogP contribution >= 0.6 is 0 Å². The number of benzene rings is 1. The SMILES string of the molecule is Cc1ccc(OCCC(=O)N(C)C)c([C@H](C)N)c1. The molecule has 0 aliphatic heterocycles. The summed E-state index contributed by atoms with van der Waals surface area (Å²) in [7, 11) is 3.48. The van der Waals surface area contributed by atoms with Crippen molar-refractivity contribution in [2.24, 2.45) is 5.73 Å². The van der Waals surface area contributed by atoms with Gasteiger partial charge in [0.25, 0.3) is 0 Å². The van der Waals surface area contributed by atoms with Gasteiger partial charge in [0.15, 0.2) is 0 Å². The van der Waals surface area contributed by atoms with Crippen LogP contribution in [0.1, 0.15) is 30.5 Å². The van der Waals surface area contributed by atoms with Crippen molar-refractivity contribution in [1.29, 1.82) is 0 Å². The number of rotatable bonds is 5. The average Bonchev–Trinajstić information content (AvgIpc) is 2.30. The Morgan fingerprint density at radius 2 is 2.11 bits per heavy atom. The van der Waals surface area contributed by atoms with Gasteiger partial charge in [0, 0.05) is 25.7 Å². The summed E-state index contributed by atoms with van der Waals surface area (Å²) in [6.45, 7) is 4.32. The van der Waals surface area contributed by atoms with Gasteiger partial charge in [0.2, 0.25) is 5.91 Å². The maximum absolute atomic E-state index is 11.4. The molecule has 0 saturated heterocycles. The Kier molecular flexibility index (Phi) is 5.16. The Hall–Kier alpha value is -1.55. The van der Waals surface area contributed by atoms with Gasteiger partial charge < -0.3 is 15.4 Å². The topological polar surface area (TPSA) is 55.6 Å². The highest BCUT2D eigenvalue weighted by atomic mass is 16.5. The number of nitrogens with zero attached hydrogens (tertiary/aromatic N) is 1. The predicted molar refractivity (Wildman–Crippen MR) is 72.6 cm³/mol. The summed E-state index contributed by atoms with van der Waals surface area (Å²) in [5, 5.41) is 0. The van der Waals surface area contributed by atoms with Crippen LogP contribution in [0.3, 0.4) is 0 Å². The third-order valence-electron chi connectivity index (χ3n) is 2.73. The van der Waals surface area contributed by atoms with E-state index in [0.717, 1.165) is 16.9 Å². The summed E-state index contributed by atoms with van der Waals surface area (Å²) in [6.07, 6.45) is 0.374. The molecule has 0 unspecified atom stereocenters. The van der Waals surface area contributed by atoms with Gasteiger partial charge in [0.1, 0.15) is 5.75 Å². The highest BCUT2D eigenvalue weighted by Crippen LogP contribution is 2.25. The van der Waals surface area contributed by atoms with Crippen LogP contribution in [-0.2, 0) is 4.79 Å². The number of nitrogens with two attached hydrogens (primary N) is 1. The van der Waals surface area contributed by atoms with Crippen molar-refractivity contribution in [3.63, 3.8) is 0 Å². The average molecular weight is 250 g/mol. The zero-order valence-electron chi connectivity index (χ0n) is 11.6. The molecule has 0 saturated carbocycles. The molecule has 0 aliphatic rings. The molecule has 100 valence electrons. The number of carbonyl (C=O) groups excluding carboxylic acids is 1. The molecule has 1 aromatic rings. The summed E-state index contributed by atoms with van der Waals surface area (Å²) in [5.41, 5.74) is 8.04. The fraction of sp³-hybridized carbons (Fsp3) is 0.500. The molecule has 0 spiro atoms. The molecule has 1 aromatic carbocycles. The van der Waals surface area contributed by atoms with Gasteiger partial charge >= 0.3 is 0 Å². The summed E-state index contributed by atoms with van der Waals surface area (Å²) < 4.78 is 5.65. The van der Waals surface area contributed by atoms with E-state index in [0.29, 0.717) is 13.0 Å². The van der Waals surface area contributed by atoms with Gasteiger partial charge in [-0.15, -0.1) is 0 Å². The van der Waals surface area contributed by atoms with Crippen LogP contribution in [0.2, 0.25) is 0 Å². The Morgan fingerprint density at radius 1 is 1.44 bits per heavy atom. The number of carbonyl (C=O) groups is 1. The summed E-state index contributed by atoms with van der Waals surface area (Å²) in [6, 6.07) is 5.83. The van der Waals surface area contributed by atoms with Gasteiger partial charge in [-0.05, 0) is 19.9 Å². The first-order valence-electron chi connectivity index (χ1n) is 6.11. The minimum absolute atomic E-state index is 0.0597. The van der Waals surface area contributed by atoms with Gasteiger partial charge in [-0.3, -0.25) is 4.79 Å². The van der Waals surface area contributed by atoms with E-state index in [1.165, 1.54) is 0 Å². The van der Waals surface area contributed by atoms with Crippen LogP contribution in [-0.4, -0.2) is 31.5 Å². The largest absolute Gasteiger partial charge is 0.493 e. The number of ether oxygens (including phenoxy) is 1. The summed E-state index contributed by atoms with van der Waals surface area (Å²) in [5.74, 6) is 0.826. The third kappa shape index (κ3) is 4.04. The Morgan fingerprint density at radius 3 is 2.67 bits per heavy atom. The molecule has 0 aromatic heterocycles. The van der Waals surface area contributed by atoms with E-state index < -0.39 is 0 Å². The molecule has 1 rings (SSSR count). The molecule has 0 heterocycles. The smallest absolute Gasteiger partial charge is 0.225 e. The zero-order valence-corrected chi connectivity index (χ0v) is 11.6. The van der Waals surface area contributed by atoms with Crippen molar-refractivity contribution < 1.29 is 9.53 Å². The molecule has 0 bridgehead atoms. The lowest BCUT2D eigenvalue weighted by Gasteiger charge is -2.15. The normalized spacial score (nSPS) is 12.1. The van der Waals surface area contributed by atoms with Crippen molar-refractivity contribution in [1.82, 2.24) is 4.90 Å². The zero-order chi connectivity index (χ0) is 13.7. The van der Waals surface area contributed by atoms with Crippen molar-refractivity contribution in [3.8, 4) is 5.75 Å². The Balaban J connectivity index is 2.65. The van der Waals surface area contributed by atoms with Crippen molar-refractivity contribution in [2.45, 2.75) is 26.3 Å². The van der Waals surface area contributed by atoms with Crippen LogP contribution in [0.25, 0.3) is 0 Å². The van der Waals surface area contributed by atoms with Gasteiger partial charge in [0.05, 0.1) is 13.0 Å². The standard InChI is InChI=1S/C14H22N2O2/c1-10-5-6-13(12(9-10)11(2)15)18-8-7-14(17)16(3)4/h5-6,9,11H,7-8,15H2,1-4H3/t11-/m0/s1. The van der Waals surface area contributed by atoms with E-state index in [1.807, 2.05) is 32.0 Å². The number of amides is 1. The molecule has 4 nitrogen and oxygen atoms in total. The van der Waals surface area contributed by atoms with Crippen LogP contribution in [0, 0.1) is 6.92 Å². The fourth-order valence-electron chi connectivity index (χ4n) is 1.63. The van der Waals surface area contributed by atoms with Crippen molar-refractivity contribution >= 4 is 5.91 Å². The fourth-order valence-corrected chi connectivity index (χ4v) is 1.63. The highest BCUT2D eigenvalue weighted by Gasteiger charge is 2.10. The Labute approximate surface area is 109 Å². The van der Waals surface area contributed by atoms with E-state index in [1.54, 1.807) is 19.0 Å². The first-order chi connectivity index (χ1) is 8.41. The minimum Gasteiger partial charge on any atom is -0.493 e. The second-order valence-corrected chi connectivity index (χ2v) is 4.72. The lowest BCUT2D eigenvalue weighted by atomic mass is 10.1. The van der Waals surface area contributed by atoms with E-state index in [-0.39, 0.29) is 11.9 Å². The number of aryl methyl sites for hydroxylation is 1. The third-order valence-corrected chi connectivity index (χ3v) is 2.73. The van der Waals surface area contributed by atoms with Gasteiger partial charge in [-0.1, -0.05) is 17.7 Å². The van der Waals surface area contributed by atoms with Crippen molar-refractivity contribution in [3.05, 3.63) is 29.3 Å². The molecule has 0 aliphatic carbocycles. The first-order valence-corrected chi connectivity index (χ1v) is 6.11. The van der Waals surface area contributed by atoms with Crippen LogP contribution in [0.5, 0.6) is 5.75 Å². The molecule has 1 amide bonds. The second-order valence-electron chi connectivity index (χ2n) is 4.72. The van der Waals surface area contributed by atoms with E-state index in [2.05, 4.69) is 0 Å². The minimum atomic E-state index is -0.0792.